The number of hydrogen-bond donors (Lipinski definition) is 3. The summed E-state index contributed by atoms with van der Waals surface area (Å²) in [5, 5.41) is 7.43. The largest absolute Gasteiger partial charge is 0.361 e. The number of benzene rings is 2. The molecule has 0 spiro atoms. The first-order valence-corrected chi connectivity index (χ1v) is 8.99. The molecule has 0 saturated heterocycles. The summed E-state index contributed by atoms with van der Waals surface area (Å²) in [6.07, 6.45) is 4.10. The molecule has 136 valence electrons. The highest BCUT2D eigenvalue weighted by Crippen LogP contribution is 2.17. The first kappa shape index (κ1) is 18.1. The van der Waals surface area contributed by atoms with E-state index in [2.05, 4.69) is 27.8 Å². The van der Waals surface area contributed by atoms with E-state index < -0.39 is 0 Å². The summed E-state index contributed by atoms with van der Waals surface area (Å²) >= 11 is 0. The van der Waals surface area contributed by atoms with E-state index >= 15 is 0 Å². The van der Waals surface area contributed by atoms with Crippen molar-refractivity contribution in [2.45, 2.75) is 19.3 Å². The van der Waals surface area contributed by atoms with Gasteiger partial charge in [0.2, 0.25) is 5.91 Å². The van der Waals surface area contributed by atoms with Crippen LogP contribution >= 0.6 is 0 Å². The van der Waals surface area contributed by atoms with E-state index in [-0.39, 0.29) is 11.7 Å². The molecule has 3 rings (SSSR count). The van der Waals surface area contributed by atoms with E-state index in [0.29, 0.717) is 19.5 Å². The van der Waals surface area contributed by atoms with Gasteiger partial charge in [-0.2, -0.15) is 0 Å². The number of halogens is 1. The summed E-state index contributed by atoms with van der Waals surface area (Å²) in [6, 6.07) is 14.7. The topological polar surface area (TPSA) is 56.9 Å². The van der Waals surface area contributed by atoms with Gasteiger partial charge in [-0.3, -0.25) is 4.79 Å². The van der Waals surface area contributed by atoms with Gasteiger partial charge in [0, 0.05) is 36.6 Å². The monoisotopic (exact) mass is 353 g/mol. The molecule has 1 heterocycles. The van der Waals surface area contributed by atoms with E-state index in [1.54, 1.807) is 12.1 Å². The van der Waals surface area contributed by atoms with Crippen molar-refractivity contribution in [2.24, 2.45) is 0 Å². The fourth-order valence-corrected chi connectivity index (χ4v) is 2.97. The van der Waals surface area contributed by atoms with Crippen molar-refractivity contribution in [3.63, 3.8) is 0 Å². The highest BCUT2D eigenvalue weighted by Gasteiger charge is 2.04. The molecule has 0 fully saturated rings. The fraction of sp³-hybridized carbons (Fsp3) is 0.286. The van der Waals surface area contributed by atoms with Gasteiger partial charge in [-0.15, -0.1) is 0 Å². The molecular formula is C21H24FN3O. The number of para-hydroxylation sites is 1. The van der Waals surface area contributed by atoms with Gasteiger partial charge >= 0.3 is 0 Å². The highest BCUT2D eigenvalue weighted by molar-refractivity contribution is 5.83. The molecule has 0 atom stereocenters. The summed E-state index contributed by atoms with van der Waals surface area (Å²) in [7, 11) is 0. The summed E-state index contributed by atoms with van der Waals surface area (Å²) < 4.78 is 12.8. The second-order valence-corrected chi connectivity index (χ2v) is 6.34. The van der Waals surface area contributed by atoms with E-state index in [1.807, 2.05) is 18.3 Å². The van der Waals surface area contributed by atoms with Gasteiger partial charge in [-0.05, 0) is 48.7 Å². The van der Waals surface area contributed by atoms with E-state index in [0.717, 1.165) is 30.5 Å². The third kappa shape index (κ3) is 5.17. The van der Waals surface area contributed by atoms with Gasteiger partial charge in [0.05, 0.1) is 0 Å². The summed E-state index contributed by atoms with van der Waals surface area (Å²) in [5.41, 5.74) is 3.43. The molecule has 3 aromatic rings. The Morgan fingerprint density at radius 3 is 2.62 bits per heavy atom. The second-order valence-electron chi connectivity index (χ2n) is 6.34. The zero-order valence-electron chi connectivity index (χ0n) is 14.7. The molecule has 0 radical (unpaired) electrons. The lowest BCUT2D eigenvalue weighted by Gasteiger charge is -2.07. The van der Waals surface area contributed by atoms with Gasteiger partial charge in [0.1, 0.15) is 5.82 Å². The van der Waals surface area contributed by atoms with Gasteiger partial charge < -0.3 is 15.6 Å². The molecular weight excluding hydrogens is 329 g/mol. The van der Waals surface area contributed by atoms with Gasteiger partial charge in [0.15, 0.2) is 0 Å². The van der Waals surface area contributed by atoms with Crippen LogP contribution in [0.4, 0.5) is 4.39 Å². The molecule has 0 unspecified atom stereocenters. The molecule has 0 saturated carbocycles. The average molecular weight is 353 g/mol. The standard InChI is InChI=1S/C21H24FN3O/c22-18-7-5-16(6-8-18)9-12-23-13-11-21(26)24-14-10-17-15-25-20-4-2-1-3-19(17)20/h1-8,15,23,25H,9-14H2,(H,24,26). The number of carbonyl (C=O) groups is 1. The molecule has 1 aromatic heterocycles. The van der Waals surface area contributed by atoms with Gasteiger partial charge in [0.25, 0.3) is 0 Å². The predicted molar refractivity (Wildman–Crippen MR) is 103 cm³/mol. The van der Waals surface area contributed by atoms with Crippen LogP contribution in [0, 0.1) is 5.82 Å². The Balaban J connectivity index is 1.29. The molecule has 2 aromatic carbocycles. The third-order valence-corrected chi connectivity index (χ3v) is 4.42. The van der Waals surface area contributed by atoms with Crippen LogP contribution in [0.1, 0.15) is 17.5 Å². The van der Waals surface area contributed by atoms with Crippen molar-refractivity contribution in [1.29, 1.82) is 0 Å². The maximum absolute atomic E-state index is 12.8. The lowest BCUT2D eigenvalue weighted by atomic mass is 10.1. The van der Waals surface area contributed by atoms with Crippen LogP contribution in [-0.4, -0.2) is 30.5 Å². The van der Waals surface area contributed by atoms with E-state index in [4.69, 9.17) is 0 Å². The number of rotatable bonds is 9. The van der Waals surface area contributed by atoms with Crippen molar-refractivity contribution in [3.05, 3.63) is 71.7 Å². The number of aromatic amines is 1. The van der Waals surface area contributed by atoms with Crippen molar-refractivity contribution in [1.82, 2.24) is 15.6 Å². The first-order chi connectivity index (χ1) is 12.7. The summed E-state index contributed by atoms with van der Waals surface area (Å²) in [4.78, 5) is 15.2. The smallest absolute Gasteiger partial charge is 0.221 e. The zero-order valence-corrected chi connectivity index (χ0v) is 14.7. The van der Waals surface area contributed by atoms with Crippen molar-refractivity contribution >= 4 is 16.8 Å². The van der Waals surface area contributed by atoms with Crippen LogP contribution < -0.4 is 10.6 Å². The van der Waals surface area contributed by atoms with Crippen LogP contribution in [0.3, 0.4) is 0 Å². The molecule has 0 aliphatic carbocycles. The van der Waals surface area contributed by atoms with Crippen molar-refractivity contribution < 1.29 is 9.18 Å². The van der Waals surface area contributed by atoms with Crippen LogP contribution in [0.2, 0.25) is 0 Å². The third-order valence-electron chi connectivity index (χ3n) is 4.42. The fourth-order valence-electron chi connectivity index (χ4n) is 2.97. The van der Waals surface area contributed by atoms with Gasteiger partial charge in [-0.1, -0.05) is 30.3 Å². The lowest BCUT2D eigenvalue weighted by molar-refractivity contribution is -0.120. The Labute approximate surface area is 152 Å². The number of amides is 1. The number of aromatic nitrogens is 1. The Bertz CT molecular complexity index is 842. The van der Waals surface area contributed by atoms with E-state index in [1.165, 1.54) is 23.1 Å². The number of H-pyrrole nitrogens is 1. The molecule has 0 bridgehead atoms. The number of fused-ring (bicyclic) bond motifs is 1. The highest BCUT2D eigenvalue weighted by atomic mass is 19.1. The van der Waals surface area contributed by atoms with Crippen LogP contribution in [0.5, 0.6) is 0 Å². The first-order valence-electron chi connectivity index (χ1n) is 8.99. The SMILES string of the molecule is O=C(CCNCCc1ccc(F)cc1)NCCc1c[nH]c2ccccc12. The van der Waals surface area contributed by atoms with Crippen LogP contribution in [0.25, 0.3) is 10.9 Å². The molecule has 3 N–H and O–H groups in total. The Hall–Kier alpha value is -2.66. The number of nitrogens with one attached hydrogen (secondary N) is 3. The maximum Gasteiger partial charge on any atom is 0.221 e. The van der Waals surface area contributed by atoms with Crippen molar-refractivity contribution in [2.75, 3.05) is 19.6 Å². The zero-order chi connectivity index (χ0) is 18.2. The average Bonchev–Trinajstić information content (AvgIpc) is 3.06. The normalized spacial score (nSPS) is 11.0. The minimum Gasteiger partial charge on any atom is -0.361 e. The quantitative estimate of drug-likeness (QED) is 0.518. The van der Waals surface area contributed by atoms with Crippen LogP contribution in [-0.2, 0) is 17.6 Å². The molecule has 26 heavy (non-hydrogen) atoms. The maximum atomic E-state index is 12.8. The number of carbonyl (C=O) groups excluding carboxylic acids is 1. The Kier molecular flexibility index (Phi) is 6.39. The number of hydrogen-bond acceptors (Lipinski definition) is 2. The minimum atomic E-state index is -0.217. The molecule has 1 amide bonds. The van der Waals surface area contributed by atoms with E-state index in [9.17, 15) is 9.18 Å². The molecule has 0 aliphatic rings. The summed E-state index contributed by atoms with van der Waals surface area (Å²) in [5.74, 6) is -0.162. The minimum absolute atomic E-state index is 0.0547. The van der Waals surface area contributed by atoms with Gasteiger partial charge in [-0.25, -0.2) is 4.39 Å². The van der Waals surface area contributed by atoms with Crippen LogP contribution in [0.15, 0.2) is 54.7 Å². The Morgan fingerprint density at radius 2 is 1.77 bits per heavy atom. The molecule has 5 heteroatoms. The Morgan fingerprint density at radius 1 is 0.962 bits per heavy atom. The molecule has 4 nitrogen and oxygen atoms in total. The predicted octanol–water partition coefficient (Wildman–Crippen LogP) is 3.19. The lowest BCUT2D eigenvalue weighted by Crippen LogP contribution is -2.29. The summed E-state index contributed by atoms with van der Waals surface area (Å²) in [6.45, 7) is 2.05. The van der Waals surface area contributed by atoms with Crippen molar-refractivity contribution in [3.8, 4) is 0 Å². The molecule has 0 aliphatic heterocycles. The second kappa shape index (κ2) is 9.15.